The molecule has 1 unspecified atom stereocenters. The van der Waals surface area contributed by atoms with Gasteiger partial charge in [-0.1, -0.05) is 39.0 Å². The number of carbonyl (C=O) groups excluding carboxylic acids is 1. The van der Waals surface area contributed by atoms with Crippen molar-refractivity contribution in [3.8, 4) is 0 Å². The molecule has 1 aromatic rings. The summed E-state index contributed by atoms with van der Waals surface area (Å²) in [5.74, 6) is -0.631. The van der Waals surface area contributed by atoms with Crippen molar-refractivity contribution in [2.24, 2.45) is 5.73 Å². The second-order valence-corrected chi connectivity index (χ2v) is 4.64. The fourth-order valence-corrected chi connectivity index (χ4v) is 2.19. The molecule has 0 bridgehead atoms. The number of benzene rings is 1. The summed E-state index contributed by atoms with van der Waals surface area (Å²) >= 11 is 0. The van der Waals surface area contributed by atoms with E-state index in [1.807, 2.05) is 25.7 Å². The maximum Gasteiger partial charge on any atom is 0.335 e. The van der Waals surface area contributed by atoms with Crippen LogP contribution in [0.3, 0.4) is 0 Å². The maximum atomic E-state index is 11.3. The lowest BCUT2D eigenvalue weighted by molar-refractivity contribution is -0.131. The zero-order chi connectivity index (χ0) is 17.0. The molecule has 1 fully saturated rings. The third-order valence-corrected chi connectivity index (χ3v) is 3.29. The topological polar surface area (TPSA) is 83.6 Å². The van der Waals surface area contributed by atoms with Gasteiger partial charge in [0.1, 0.15) is 0 Å². The zero-order valence-corrected chi connectivity index (χ0v) is 13.8. The fourth-order valence-electron chi connectivity index (χ4n) is 2.19. The summed E-state index contributed by atoms with van der Waals surface area (Å²) in [5, 5.41) is 8.38. The minimum absolute atomic E-state index is 0.248. The van der Waals surface area contributed by atoms with Crippen molar-refractivity contribution in [1.82, 2.24) is 4.90 Å². The molecule has 3 N–H and O–H groups in total. The predicted octanol–water partition coefficient (Wildman–Crippen LogP) is 2.76. The van der Waals surface area contributed by atoms with Crippen LogP contribution in [0.15, 0.2) is 30.3 Å². The van der Waals surface area contributed by atoms with Gasteiger partial charge in [0.05, 0.1) is 5.56 Å². The summed E-state index contributed by atoms with van der Waals surface area (Å²) in [4.78, 5) is 23.4. The van der Waals surface area contributed by atoms with Gasteiger partial charge in [-0.15, -0.1) is 0 Å². The number of carboxylic acid groups (broad SMARTS) is 1. The lowest BCUT2D eigenvalue weighted by atomic mass is 10.2. The van der Waals surface area contributed by atoms with Crippen LogP contribution in [0.1, 0.15) is 50.4 Å². The highest BCUT2D eigenvalue weighted by Crippen LogP contribution is 2.16. The Bertz CT molecular complexity index is 435. The second kappa shape index (κ2) is 11.7. The Kier molecular flexibility index (Phi) is 10.7. The van der Waals surface area contributed by atoms with Crippen LogP contribution in [0.5, 0.6) is 0 Å². The van der Waals surface area contributed by atoms with Crippen LogP contribution in [-0.2, 0) is 4.79 Å². The van der Waals surface area contributed by atoms with Gasteiger partial charge in [-0.2, -0.15) is 0 Å². The molecular weight excluding hydrogens is 280 g/mol. The van der Waals surface area contributed by atoms with Crippen molar-refractivity contribution in [1.29, 1.82) is 0 Å². The molecule has 5 heteroatoms. The molecule has 1 aromatic carbocycles. The first-order valence-electron chi connectivity index (χ1n) is 7.88. The van der Waals surface area contributed by atoms with Crippen molar-refractivity contribution in [3.05, 3.63) is 35.9 Å². The second-order valence-electron chi connectivity index (χ2n) is 4.64. The van der Waals surface area contributed by atoms with E-state index in [4.69, 9.17) is 10.8 Å². The Morgan fingerprint density at radius 1 is 1.27 bits per heavy atom. The van der Waals surface area contributed by atoms with Crippen LogP contribution in [0.2, 0.25) is 0 Å². The van der Waals surface area contributed by atoms with Crippen LogP contribution in [0.4, 0.5) is 0 Å². The largest absolute Gasteiger partial charge is 0.478 e. The maximum absolute atomic E-state index is 11.3. The Labute approximate surface area is 133 Å². The number of hydrogen-bond donors (Lipinski definition) is 2. The molecule has 1 aliphatic rings. The Morgan fingerprint density at radius 2 is 1.86 bits per heavy atom. The quantitative estimate of drug-likeness (QED) is 0.899. The van der Waals surface area contributed by atoms with Gasteiger partial charge in [-0.3, -0.25) is 4.79 Å². The highest BCUT2D eigenvalue weighted by atomic mass is 16.4. The van der Waals surface area contributed by atoms with Crippen LogP contribution < -0.4 is 5.73 Å². The van der Waals surface area contributed by atoms with E-state index < -0.39 is 5.97 Å². The molecule has 1 heterocycles. The minimum atomic E-state index is -0.879. The molecular formula is C17H28N2O3. The van der Waals surface area contributed by atoms with Gasteiger partial charge < -0.3 is 15.7 Å². The summed E-state index contributed by atoms with van der Waals surface area (Å²) in [5.41, 5.74) is 5.85. The third kappa shape index (κ3) is 6.72. The number of likely N-dealkylation sites (tertiary alicyclic amines) is 1. The molecule has 22 heavy (non-hydrogen) atoms. The molecule has 0 aliphatic carbocycles. The van der Waals surface area contributed by atoms with E-state index in [0.29, 0.717) is 24.6 Å². The number of carboxylic acids is 1. The molecule has 1 aliphatic heterocycles. The van der Waals surface area contributed by atoms with Crippen molar-refractivity contribution in [2.75, 3.05) is 13.1 Å². The Balaban J connectivity index is 0.000000366. The van der Waals surface area contributed by atoms with E-state index in [9.17, 15) is 9.59 Å². The SMILES string of the molecule is CC.CCC(=O)N1CCCC1CN.O=C(O)c1ccccc1. The average Bonchev–Trinajstić information content (AvgIpc) is 3.06. The molecule has 0 radical (unpaired) electrons. The highest BCUT2D eigenvalue weighted by molar-refractivity contribution is 5.87. The van der Waals surface area contributed by atoms with Crippen LogP contribution in [0, 0.1) is 0 Å². The smallest absolute Gasteiger partial charge is 0.335 e. The number of rotatable bonds is 3. The molecule has 1 saturated heterocycles. The summed E-state index contributed by atoms with van der Waals surface area (Å²) in [6.45, 7) is 7.43. The molecule has 1 amide bonds. The van der Waals surface area contributed by atoms with Gasteiger partial charge in [0.25, 0.3) is 0 Å². The monoisotopic (exact) mass is 308 g/mol. The van der Waals surface area contributed by atoms with Crippen LogP contribution >= 0.6 is 0 Å². The average molecular weight is 308 g/mol. The number of nitrogens with zero attached hydrogens (tertiary/aromatic N) is 1. The summed E-state index contributed by atoms with van der Waals surface area (Å²) in [7, 11) is 0. The van der Waals surface area contributed by atoms with Crippen molar-refractivity contribution < 1.29 is 14.7 Å². The van der Waals surface area contributed by atoms with Crippen molar-refractivity contribution in [2.45, 2.75) is 46.1 Å². The molecule has 1 atom stereocenters. The standard InChI is InChI=1S/C8H16N2O.C7H6O2.C2H6/c1-2-8(11)10-5-3-4-7(10)6-9;8-7(9)6-4-2-1-3-5-6;1-2/h7H,2-6,9H2,1H3;1-5H,(H,8,9);1-2H3. The molecule has 2 rings (SSSR count). The van der Waals surface area contributed by atoms with E-state index in [-0.39, 0.29) is 5.91 Å². The zero-order valence-electron chi connectivity index (χ0n) is 13.8. The molecule has 0 spiro atoms. The third-order valence-electron chi connectivity index (χ3n) is 3.29. The highest BCUT2D eigenvalue weighted by Gasteiger charge is 2.25. The predicted molar refractivity (Wildman–Crippen MR) is 88.8 cm³/mol. The lowest BCUT2D eigenvalue weighted by Crippen LogP contribution is -2.39. The van der Waals surface area contributed by atoms with Gasteiger partial charge >= 0.3 is 5.97 Å². The van der Waals surface area contributed by atoms with Gasteiger partial charge in [0, 0.05) is 25.6 Å². The lowest BCUT2D eigenvalue weighted by Gasteiger charge is -2.22. The first-order valence-corrected chi connectivity index (χ1v) is 7.88. The number of nitrogens with two attached hydrogens (primary N) is 1. The molecule has 5 nitrogen and oxygen atoms in total. The van der Waals surface area contributed by atoms with Gasteiger partial charge in [-0.05, 0) is 25.0 Å². The molecule has 0 saturated carbocycles. The van der Waals surface area contributed by atoms with Crippen molar-refractivity contribution >= 4 is 11.9 Å². The van der Waals surface area contributed by atoms with E-state index in [1.165, 1.54) is 0 Å². The Hall–Kier alpha value is -1.88. The van der Waals surface area contributed by atoms with Gasteiger partial charge in [0.2, 0.25) is 5.91 Å². The summed E-state index contributed by atoms with van der Waals surface area (Å²) in [6.07, 6.45) is 2.81. The Morgan fingerprint density at radius 3 is 2.27 bits per heavy atom. The first-order chi connectivity index (χ1) is 10.6. The van der Waals surface area contributed by atoms with E-state index in [1.54, 1.807) is 30.3 Å². The summed E-state index contributed by atoms with van der Waals surface area (Å²) < 4.78 is 0. The van der Waals surface area contributed by atoms with Gasteiger partial charge in [0.15, 0.2) is 0 Å². The first kappa shape index (κ1) is 20.1. The van der Waals surface area contributed by atoms with Crippen LogP contribution in [0.25, 0.3) is 0 Å². The number of aromatic carboxylic acids is 1. The van der Waals surface area contributed by atoms with Crippen LogP contribution in [-0.4, -0.2) is 41.0 Å². The fraction of sp³-hybridized carbons (Fsp3) is 0.529. The summed E-state index contributed by atoms with van der Waals surface area (Å²) in [6, 6.07) is 8.62. The van der Waals surface area contributed by atoms with E-state index in [0.717, 1.165) is 19.4 Å². The normalized spacial score (nSPS) is 16.0. The van der Waals surface area contributed by atoms with E-state index >= 15 is 0 Å². The number of hydrogen-bond acceptors (Lipinski definition) is 3. The number of amides is 1. The molecule has 124 valence electrons. The van der Waals surface area contributed by atoms with Gasteiger partial charge in [-0.25, -0.2) is 4.79 Å². The molecule has 0 aromatic heterocycles. The van der Waals surface area contributed by atoms with Crippen molar-refractivity contribution in [3.63, 3.8) is 0 Å². The van der Waals surface area contributed by atoms with E-state index in [2.05, 4.69) is 0 Å². The minimum Gasteiger partial charge on any atom is -0.478 e. The number of carbonyl (C=O) groups is 2.